The van der Waals surface area contributed by atoms with Crippen LogP contribution in [0.4, 0.5) is 5.82 Å². The number of nitrogens with zero attached hydrogens (tertiary/aromatic N) is 4. The highest BCUT2D eigenvalue weighted by molar-refractivity contribution is 5.81. The Morgan fingerprint density at radius 1 is 1.09 bits per heavy atom. The fourth-order valence-electron chi connectivity index (χ4n) is 2.89. The first-order chi connectivity index (χ1) is 11.3. The van der Waals surface area contributed by atoms with E-state index in [-0.39, 0.29) is 6.04 Å². The number of rotatable bonds is 3. The van der Waals surface area contributed by atoms with Crippen molar-refractivity contribution in [2.75, 3.05) is 5.73 Å². The van der Waals surface area contributed by atoms with Crippen molar-refractivity contribution >= 4 is 17.0 Å². The number of nitrogens with two attached hydrogens (primary N) is 1. The summed E-state index contributed by atoms with van der Waals surface area (Å²) in [5, 5.41) is 0. The van der Waals surface area contributed by atoms with E-state index in [1.54, 1.807) is 6.33 Å². The second-order valence-electron chi connectivity index (χ2n) is 5.43. The van der Waals surface area contributed by atoms with Crippen molar-refractivity contribution in [3.63, 3.8) is 0 Å². The number of nitrogen functional groups attached to an aromatic ring is 1. The molecule has 0 aliphatic carbocycles. The molecular weight excluding hydrogens is 288 g/mol. The molecule has 0 fully saturated rings. The van der Waals surface area contributed by atoms with Gasteiger partial charge >= 0.3 is 0 Å². The normalized spacial score (nSPS) is 12.6. The Morgan fingerprint density at radius 2 is 1.91 bits per heavy atom. The molecule has 0 saturated heterocycles. The van der Waals surface area contributed by atoms with Gasteiger partial charge in [-0.05, 0) is 18.6 Å². The number of fused-ring (bicyclic) bond motifs is 1. The molecule has 3 heterocycles. The van der Waals surface area contributed by atoms with Gasteiger partial charge in [0.15, 0.2) is 11.5 Å². The lowest BCUT2D eigenvalue weighted by Gasteiger charge is -2.15. The molecule has 6 nitrogen and oxygen atoms in total. The lowest BCUT2D eigenvalue weighted by molar-refractivity contribution is 0.638. The molecule has 23 heavy (non-hydrogen) atoms. The predicted molar refractivity (Wildman–Crippen MR) is 89.8 cm³/mol. The monoisotopic (exact) mass is 304 g/mol. The standard InChI is InChI=1S/C17H16N6/c1-11(23-10-22-15-16(18)20-9-21-17(15)23)14-13(7-8-19-14)12-5-3-2-4-6-12/h2-11,19H,1H3,(H2,18,20,21). The molecule has 4 aromatic rings. The Bertz CT molecular complexity index is 954. The average Bonchev–Trinajstić information content (AvgIpc) is 3.23. The molecule has 0 aliphatic heterocycles. The summed E-state index contributed by atoms with van der Waals surface area (Å²) in [6, 6.07) is 12.4. The first-order valence-electron chi connectivity index (χ1n) is 7.41. The van der Waals surface area contributed by atoms with Crippen LogP contribution in [-0.2, 0) is 0 Å². The Balaban J connectivity index is 1.82. The number of H-pyrrole nitrogens is 1. The first-order valence-corrected chi connectivity index (χ1v) is 7.41. The summed E-state index contributed by atoms with van der Waals surface area (Å²) in [5.74, 6) is 0.399. The minimum absolute atomic E-state index is 0.0412. The van der Waals surface area contributed by atoms with Crippen LogP contribution in [0.5, 0.6) is 0 Å². The quantitative estimate of drug-likeness (QED) is 0.609. The molecule has 3 N–H and O–H groups in total. The number of benzene rings is 1. The highest BCUT2D eigenvalue weighted by Crippen LogP contribution is 2.30. The molecule has 6 heteroatoms. The van der Waals surface area contributed by atoms with E-state index in [1.165, 1.54) is 17.5 Å². The summed E-state index contributed by atoms with van der Waals surface area (Å²) >= 11 is 0. The average molecular weight is 304 g/mol. The lowest BCUT2D eigenvalue weighted by Crippen LogP contribution is -2.08. The SMILES string of the molecule is CC(c1[nH]ccc1-c1ccccc1)n1cnc2c(N)ncnc21. The number of anilines is 1. The van der Waals surface area contributed by atoms with Crippen molar-refractivity contribution < 1.29 is 0 Å². The number of hydrogen-bond acceptors (Lipinski definition) is 4. The molecule has 3 aromatic heterocycles. The van der Waals surface area contributed by atoms with Gasteiger partial charge in [0.1, 0.15) is 11.8 Å². The van der Waals surface area contributed by atoms with Crippen LogP contribution in [0.1, 0.15) is 18.7 Å². The number of aromatic nitrogens is 5. The Hall–Kier alpha value is -3.15. The maximum absolute atomic E-state index is 5.87. The minimum atomic E-state index is 0.0412. The minimum Gasteiger partial charge on any atom is -0.382 e. The molecule has 4 rings (SSSR count). The van der Waals surface area contributed by atoms with Gasteiger partial charge in [-0.15, -0.1) is 0 Å². The van der Waals surface area contributed by atoms with E-state index in [0.717, 1.165) is 11.3 Å². The van der Waals surface area contributed by atoms with Gasteiger partial charge in [-0.25, -0.2) is 15.0 Å². The van der Waals surface area contributed by atoms with Gasteiger partial charge in [-0.1, -0.05) is 30.3 Å². The Morgan fingerprint density at radius 3 is 2.74 bits per heavy atom. The summed E-state index contributed by atoms with van der Waals surface area (Å²) in [5.41, 5.74) is 10.7. The Labute approximate surface area is 133 Å². The second kappa shape index (κ2) is 5.24. The van der Waals surface area contributed by atoms with Gasteiger partial charge < -0.3 is 15.3 Å². The number of aromatic amines is 1. The highest BCUT2D eigenvalue weighted by Gasteiger charge is 2.18. The highest BCUT2D eigenvalue weighted by atomic mass is 15.2. The van der Waals surface area contributed by atoms with Crippen molar-refractivity contribution in [2.45, 2.75) is 13.0 Å². The van der Waals surface area contributed by atoms with Crippen LogP contribution in [0.2, 0.25) is 0 Å². The van der Waals surface area contributed by atoms with E-state index < -0.39 is 0 Å². The van der Waals surface area contributed by atoms with Crippen LogP contribution < -0.4 is 5.73 Å². The van der Waals surface area contributed by atoms with Crippen molar-refractivity contribution in [1.82, 2.24) is 24.5 Å². The van der Waals surface area contributed by atoms with Crippen LogP contribution in [0, 0.1) is 0 Å². The van der Waals surface area contributed by atoms with Crippen molar-refractivity contribution in [1.29, 1.82) is 0 Å². The lowest BCUT2D eigenvalue weighted by atomic mass is 10.0. The van der Waals surface area contributed by atoms with Crippen LogP contribution in [0.3, 0.4) is 0 Å². The molecule has 114 valence electrons. The first kappa shape index (κ1) is 13.5. The van der Waals surface area contributed by atoms with E-state index in [1.807, 2.05) is 29.0 Å². The second-order valence-corrected chi connectivity index (χ2v) is 5.43. The number of hydrogen-bond donors (Lipinski definition) is 2. The van der Waals surface area contributed by atoms with E-state index in [4.69, 9.17) is 5.73 Å². The molecule has 0 bridgehead atoms. The third kappa shape index (κ3) is 2.15. The maximum Gasteiger partial charge on any atom is 0.166 e. The summed E-state index contributed by atoms with van der Waals surface area (Å²) < 4.78 is 2.01. The predicted octanol–water partition coefficient (Wildman–Crippen LogP) is 3.01. The molecule has 0 aliphatic rings. The maximum atomic E-state index is 5.87. The zero-order valence-corrected chi connectivity index (χ0v) is 12.6. The summed E-state index contributed by atoms with van der Waals surface area (Å²) in [7, 11) is 0. The van der Waals surface area contributed by atoms with E-state index in [9.17, 15) is 0 Å². The fraction of sp³-hybridized carbons (Fsp3) is 0.118. The molecule has 0 saturated carbocycles. The van der Waals surface area contributed by atoms with Gasteiger partial charge in [0.2, 0.25) is 0 Å². The molecular formula is C17H16N6. The summed E-state index contributed by atoms with van der Waals surface area (Å²) in [6.07, 6.45) is 5.18. The topological polar surface area (TPSA) is 85.4 Å². The van der Waals surface area contributed by atoms with Crippen LogP contribution in [0.15, 0.2) is 55.2 Å². The van der Waals surface area contributed by atoms with Gasteiger partial charge in [0.05, 0.1) is 12.4 Å². The third-order valence-corrected chi connectivity index (χ3v) is 4.09. The van der Waals surface area contributed by atoms with Crippen molar-refractivity contribution in [2.24, 2.45) is 0 Å². The molecule has 0 spiro atoms. The molecule has 1 unspecified atom stereocenters. The molecule has 0 amide bonds. The van der Waals surface area contributed by atoms with Gasteiger partial charge in [-0.3, -0.25) is 0 Å². The zero-order valence-electron chi connectivity index (χ0n) is 12.6. The van der Waals surface area contributed by atoms with Gasteiger partial charge in [0, 0.05) is 17.5 Å². The molecule has 1 atom stereocenters. The van der Waals surface area contributed by atoms with Crippen molar-refractivity contribution in [3.8, 4) is 11.1 Å². The number of nitrogens with one attached hydrogen (secondary N) is 1. The van der Waals surface area contributed by atoms with Crippen molar-refractivity contribution in [3.05, 3.63) is 60.9 Å². The van der Waals surface area contributed by atoms with Crippen LogP contribution >= 0.6 is 0 Å². The smallest absolute Gasteiger partial charge is 0.166 e. The zero-order chi connectivity index (χ0) is 15.8. The Kier molecular flexibility index (Phi) is 3.08. The van der Waals surface area contributed by atoms with E-state index >= 15 is 0 Å². The van der Waals surface area contributed by atoms with Crippen LogP contribution in [-0.4, -0.2) is 24.5 Å². The summed E-state index contributed by atoms with van der Waals surface area (Å²) in [6.45, 7) is 2.11. The van der Waals surface area contributed by atoms with Crippen LogP contribution in [0.25, 0.3) is 22.3 Å². The molecule has 0 radical (unpaired) electrons. The summed E-state index contributed by atoms with van der Waals surface area (Å²) in [4.78, 5) is 16.0. The third-order valence-electron chi connectivity index (χ3n) is 4.09. The van der Waals surface area contributed by atoms with E-state index in [2.05, 4.69) is 45.1 Å². The molecule has 1 aromatic carbocycles. The fourth-order valence-corrected chi connectivity index (χ4v) is 2.89. The van der Waals surface area contributed by atoms with E-state index in [0.29, 0.717) is 11.3 Å². The number of imidazole rings is 1. The van der Waals surface area contributed by atoms with Gasteiger partial charge in [-0.2, -0.15) is 0 Å². The van der Waals surface area contributed by atoms with Gasteiger partial charge in [0.25, 0.3) is 0 Å². The largest absolute Gasteiger partial charge is 0.382 e.